The molecular formula is C13H19N5. The Kier molecular flexibility index (Phi) is 3.62. The molecule has 0 saturated carbocycles. The van der Waals surface area contributed by atoms with E-state index in [0.29, 0.717) is 11.9 Å². The summed E-state index contributed by atoms with van der Waals surface area (Å²) >= 11 is 0. The van der Waals surface area contributed by atoms with Gasteiger partial charge in [0, 0.05) is 24.3 Å². The molecule has 2 aromatic rings. The summed E-state index contributed by atoms with van der Waals surface area (Å²) in [5, 5.41) is 0. The van der Waals surface area contributed by atoms with Crippen molar-refractivity contribution >= 4 is 5.82 Å². The van der Waals surface area contributed by atoms with Gasteiger partial charge >= 0.3 is 0 Å². The van der Waals surface area contributed by atoms with Crippen LogP contribution in [0.3, 0.4) is 0 Å². The van der Waals surface area contributed by atoms with Crippen LogP contribution >= 0.6 is 0 Å². The molecule has 0 aliphatic heterocycles. The Hall–Kier alpha value is -1.88. The molecular weight excluding hydrogens is 226 g/mol. The molecule has 2 aromatic heterocycles. The van der Waals surface area contributed by atoms with Crippen LogP contribution in [0, 0.1) is 0 Å². The highest BCUT2D eigenvalue weighted by Crippen LogP contribution is 2.26. The maximum absolute atomic E-state index is 5.92. The van der Waals surface area contributed by atoms with Gasteiger partial charge in [-0.05, 0) is 33.2 Å². The van der Waals surface area contributed by atoms with Crippen molar-refractivity contribution < 1.29 is 0 Å². The Morgan fingerprint density at radius 2 is 2.22 bits per heavy atom. The lowest BCUT2D eigenvalue weighted by molar-refractivity contribution is 0.338. The number of anilines is 1. The number of nitrogens with two attached hydrogens (primary N) is 1. The fraction of sp³-hybridized carbons (Fsp3) is 0.385. The van der Waals surface area contributed by atoms with E-state index in [1.165, 1.54) is 0 Å². The summed E-state index contributed by atoms with van der Waals surface area (Å²) in [5.74, 6) is 0.538. The van der Waals surface area contributed by atoms with E-state index in [1.54, 1.807) is 6.20 Å². The molecule has 0 saturated heterocycles. The summed E-state index contributed by atoms with van der Waals surface area (Å²) in [5.41, 5.74) is 7.86. The van der Waals surface area contributed by atoms with Crippen molar-refractivity contribution in [2.75, 3.05) is 26.4 Å². The fourth-order valence-corrected chi connectivity index (χ4v) is 2.12. The van der Waals surface area contributed by atoms with Crippen LogP contribution in [0.1, 0.15) is 13.0 Å². The van der Waals surface area contributed by atoms with Gasteiger partial charge in [-0.2, -0.15) is 0 Å². The highest BCUT2D eigenvalue weighted by Gasteiger charge is 2.13. The number of imidazole rings is 1. The smallest absolute Gasteiger partial charge is 0.132 e. The Balaban J connectivity index is 2.36. The summed E-state index contributed by atoms with van der Waals surface area (Å²) in [4.78, 5) is 10.5. The molecule has 2 heterocycles. The van der Waals surface area contributed by atoms with E-state index in [1.807, 2.05) is 24.7 Å². The van der Waals surface area contributed by atoms with Gasteiger partial charge in [-0.3, -0.25) is 0 Å². The molecule has 18 heavy (non-hydrogen) atoms. The second-order valence-electron chi connectivity index (χ2n) is 4.73. The minimum absolute atomic E-state index is 0.331. The lowest BCUT2D eigenvalue weighted by atomic mass is 10.2. The van der Waals surface area contributed by atoms with Crippen molar-refractivity contribution in [1.29, 1.82) is 0 Å². The molecule has 1 unspecified atom stereocenters. The first-order chi connectivity index (χ1) is 8.59. The van der Waals surface area contributed by atoms with Gasteiger partial charge in [0.2, 0.25) is 0 Å². The number of aromatic nitrogens is 3. The van der Waals surface area contributed by atoms with E-state index in [4.69, 9.17) is 5.73 Å². The second-order valence-corrected chi connectivity index (χ2v) is 4.73. The van der Waals surface area contributed by atoms with Crippen LogP contribution < -0.4 is 5.73 Å². The number of hydrogen-bond donors (Lipinski definition) is 1. The SMILES string of the molecule is CC(CN(C)C)n1cncc1-c1cccnc1N. The van der Waals surface area contributed by atoms with Crippen molar-refractivity contribution in [3.8, 4) is 11.3 Å². The monoisotopic (exact) mass is 245 g/mol. The second kappa shape index (κ2) is 5.18. The summed E-state index contributed by atoms with van der Waals surface area (Å²) in [6, 6.07) is 4.19. The van der Waals surface area contributed by atoms with Crippen LogP contribution in [0.25, 0.3) is 11.3 Å². The van der Waals surface area contributed by atoms with Crippen molar-refractivity contribution in [3.63, 3.8) is 0 Å². The van der Waals surface area contributed by atoms with Gasteiger partial charge in [0.15, 0.2) is 0 Å². The highest BCUT2D eigenvalue weighted by atomic mass is 15.1. The van der Waals surface area contributed by atoms with E-state index in [2.05, 4.69) is 40.5 Å². The third-order valence-electron chi connectivity index (χ3n) is 2.88. The van der Waals surface area contributed by atoms with Gasteiger partial charge in [-0.25, -0.2) is 9.97 Å². The van der Waals surface area contributed by atoms with Crippen LogP contribution in [0.2, 0.25) is 0 Å². The largest absolute Gasteiger partial charge is 0.383 e. The zero-order chi connectivity index (χ0) is 13.1. The highest BCUT2D eigenvalue weighted by molar-refractivity contribution is 5.70. The average molecular weight is 245 g/mol. The minimum atomic E-state index is 0.331. The van der Waals surface area contributed by atoms with Crippen LogP contribution in [-0.4, -0.2) is 40.1 Å². The molecule has 2 N–H and O–H groups in total. The maximum Gasteiger partial charge on any atom is 0.132 e. The van der Waals surface area contributed by atoms with Gasteiger partial charge in [-0.1, -0.05) is 0 Å². The van der Waals surface area contributed by atoms with Gasteiger partial charge < -0.3 is 15.2 Å². The molecule has 0 amide bonds. The van der Waals surface area contributed by atoms with Crippen LogP contribution in [0.4, 0.5) is 5.82 Å². The fourth-order valence-electron chi connectivity index (χ4n) is 2.12. The van der Waals surface area contributed by atoms with Crippen molar-refractivity contribution in [2.24, 2.45) is 0 Å². The van der Waals surface area contributed by atoms with Gasteiger partial charge in [0.05, 0.1) is 18.2 Å². The standard InChI is InChI=1S/C13H19N5/c1-10(8-17(2)3)18-9-15-7-12(18)11-5-4-6-16-13(11)14/h4-7,9-10H,8H2,1-3H3,(H2,14,16). The minimum Gasteiger partial charge on any atom is -0.383 e. The number of likely N-dealkylation sites (N-methyl/N-ethyl adjacent to an activating group) is 1. The number of nitrogens with zero attached hydrogens (tertiary/aromatic N) is 4. The molecule has 96 valence electrons. The van der Waals surface area contributed by atoms with Gasteiger partial charge in [0.25, 0.3) is 0 Å². The lowest BCUT2D eigenvalue weighted by Crippen LogP contribution is -2.22. The molecule has 0 aromatic carbocycles. The predicted molar refractivity (Wildman–Crippen MR) is 73.1 cm³/mol. The van der Waals surface area contributed by atoms with E-state index in [-0.39, 0.29) is 0 Å². The summed E-state index contributed by atoms with van der Waals surface area (Å²) in [6.45, 7) is 3.11. The van der Waals surface area contributed by atoms with Gasteiger partial charge in [0.1, 0.15) is 5.82 Å². The average Bonchev–Trinajstić information content (AvgIpc) is 2.77. The zero-order valence-electron chi connectivity index (χ0n) is 11.0. The quantitative estimate of drug-likeness (QED) is 0.889. The molecule has 1 atom stereocenters. The number of nitrogen functional groups attached to an aromatic ring is 1. The Morgan fingerprint density at radius 1 is 1.44 bits per heavy atom. The lowest BCUT2D eigenvalue weighted by Gasteiger charge is -2.20. The number of hydrogen-bond acceptors (Lipinski definition) is 4. The summed E-state index contributed by atoms with van der Waals surface area (Å²) in [7, 11) is 4.12. The molecule has 2 rings (SSSR count). The number of pyridine rings is 1. The first-order valence-electron chi connectivity index (χ1n) is 5.97. The van der Waals surface area contributed by atoms with Crippen molar-refractivity contribution in [2.45, 2.75) is 13.0 Å². The third kappa shape index (κ3) is 2.51. The topological polar surface area (TPSA) is 60.0 Å². The predicted octanol–water partition coefficient (Wildman–Crippen LogP) is 1.65. The molecule has 0 bridgehead atoms. The van der Waals surface area contributed by atoms with E-state index in [0.717, 1.165) is 17.8 Å². The van der Waals surface area contributed by atoms with Crippen molar-refractivity contribution in [1.82, 2.24) is 19.4 Å². The van der Waals surface area contributed by atoms with Gasteiger partial charge in [-0.15, -0.1) is 0 Å². The van der Waals surface area contributed by atoms with Crippen molar-refractivity contribution in [3.05, 3.63) is 30.9 Å². The molecule has 0 spiro atoms. The Morgan fingerprint density at radius 3 is 2.89 bits per heavy atom. The van der Waals surface area contributed by atoms with E-state index >= 15 is 0 Å². The molecule has 0 fully saturated rings. The normalized spacial score (nSPS) is 12.9. The molecule has 0 radical (unpaired) electrons. The number of rotatable bonds is 4. The zero-order valence-corrected chi connectivity index (χ0v) is 11.0. The Bertz CT molecular complexity index is 518. The first-order valence-corrected chi connectivity index (χ1v) is 5.97. The van der Waals surface area contributed by atoms with Crippen LogP contribution in [0.5, 0.6) is 0 Å². The molecule has 0 aliphatic rings. The molecule has 0 aliphatic carbocycles. The summed E-state index contributed by atoms with van der Waals surface area (Å²) < 4.78 is 2.13. The Labute approximate surface area is 107 Å². The van der Waals surface area contributed by atoms with E-state index in [9.17, 15) is 0 Å². The maximum atomic E-state index is 5.92. The first kappa shape index (κ1) is 12.6. The third-order valence-corrected chi connectivity index (χ3v) is 2.88. The van der Waals surface area contributed by atoms with Crippen LogP contribution in [0.15, 0.2) is 30.9 Å². The molecule has 5 nitrogen and oxygen atoms in total. The molecule has 5 heteroatoms. The van der Waals surface area contributed by atoms with E-state index < -0.39 is 0 Å². The van der Waals surface area contributed by atoms with Crippen LogP contribution in [-0.2, 0) is 0 Å². The summed E-state index contributed by atoms with van der Waals surface area (Å²) in [6.07, 6.45) is 5.37.